The quantitative estimate of drug-likeness (QED) is 0.655. The Morgan fingerprint density at radius 2 is 2.42 bits per heavy atom. The van der Waals surface area contributed by atoms with Gasteiger partial charge in [-0.15, -0.1) is 0 Å². The van der Waals surface area contributed by atoms with Gasteiger partial charge >= 0.3 is 0 Å². The van der Waals surface area contributed by atoms with E-state index in [1.54, 1.807) is 0 Å². The third-order valence-corrected chi connectivity index (χ3v) is 2.53. The minimum Gasteiger partial charge on any atom is -0.392 e. The van der Waals surface area contributed by atoms with Crippen molar-refractivity contribution in [2.75, 3.05) is 0 Å². The van der Waals surface area contributed by atoms with Crippen LogP contribution in [-0.2, 0) is 13.2 Å². The van der Waals surface area contributed by atoms with Crippen molar-refractivity contribution in [2.24, 2.45) is 0 Å². The molecule has 1 atom stereocenters. The van der Waals surface area contributed by atoms with Gasteiger partial charge in [-0.25, -0.2) is 0 Å². The maximum Gasteiger partial charge on any atom is 0.0685 e. The molecule has 2 N–H and O–H groups in total. The highest BCUT2D eigenvalue weighted by Gasteiger charge is 2.19. The number of aliphatic hydroxyl groups is 1. The molecule has 12 heavy (non-hydrogen) atoms. The molecule has 1 aliphatic rings. The van der Waals surface area contributed by atoms with Crippen LogP contribution < -0.4 is 5.32 Å². The van der Waals surface area contributed by atoms with Gasteiger partial charge < -0.3 is 10.4 Å². The van der Waals surface area contributed by atoms with Crippen LogP contribution in [0.2, 0.25) is 0 Å². The van der Waals surface area contributed by atoms with Crippen molar-refractivity contribution in [3.05, 3.63) is 34.9 Å². The molecule has 0 aliphatic carbocycles. The third kappa shape index (κ3) is 1.04. The second-order valence-electron chi connectivity index (χ2n) is 3.25. The van der Waals surface area contributed by atoms with Crippen LogP contribution in [0.25, 0.3) is 0 Å². The van der Waals surface area contributed by atoms with Crippen molar-refractivity contribution in [1.82, 2.24) is 5.32 Å². The van der Waals surface area contributed by atoms with E-state index in [1.165, 1.54) is 11.1 Å². The molecule has 0 saturated heterocycles. The number of hydrogen-bond acceptors (Lipinski definition) is 2. The summed E-state index contributed by atoms with van der Waals surface area (Å²) < 4.78 is 0. The normalized spacial score (nSPS) is 21.0. The predicted molar refractivity (Wildman–Crippen MR) is 47.6 cm³/mol. The van der Waals surface area contributed by atoms with Crippen molar-refractivity contribution in [1.29, 1.82) is 0 Å². The number of rotatable bonds is 1. The molecule has 0 amide bonds. The molecule has 2 rings (SSSR count). The summed E-state index contributed by atoms with van der Waals surface area (Å²) >= 11 is 0. The fourth-order valence-corrected chi connectivity index (χ4v) is 1.79. The molecule has 64 valence electrons. The molecular formula is C10H13NO. The van der Waals surface area contributed by atoms with Crippen LogP contribution in [-0.4, -0.2) is 5.11 Å². The highest BCUT2D eigenvalue weighted by molar-refractivity contribution is 5.39. The van der Waals surface area contributed by atoms with Gasteiger partial charge in [0.05, 0.1) is 6.61 Å². The van der Waals surface area contributed by atoms with Gasteiger partial charge in [-0.3, -0.25) is 0 Å². The van der Waals surface area contributed by atoms with Gasteiger partial charge in [0.1, 0.15) is 0 Å². The Hall–Kier alpha value is -0.860. The molecule has 1 aromatic carbocycles. The summed E-state index contributed by atoms with van der Waals surface area (Å²) in [6.45, 7) is 3.19. The maximum atomic E-state index is 9.06. The second-order valence-corrected chi connectivity index (χ2v) is 3.25. The first-order valence-corrected chi connectivity index (χ1v) is 4.28. The smallest absolute Gasteiger partial charge is 0.0685 e. The molecule has 0 bridgehead atoms. The van der Waals surface area contributed by atoms with Crippen molar-refractivity contribution in [3.63, 3.8) is 0 Å². The Kier molecular flexibility index (Phi) is 1.87. The summed E-state index contributed by atoms with van der Waals surface area (Å²) in [4.78, 5) is 0. The van der Waals surface area contributed by atoms with Gasteiger partial charge in [0.15, 0.2) is 0 Å². The van der Waals surface area contributed by atoms with Crippen LogP contribution in [0.15, 0.2) is 18.2 Å². The molecular weight excluding hydrogens is 150 g/mol. The number of benzene rings is 1. The third-order valence-electron chi connectivity index (χ3n) is 2.53. The lowest BCUT2D eigenvalue weighted by Crippen LogP contribution is -2.07. The molecule has 2 nitrogen and oxygen atoms in total. The molecule has 0 unspecified atom stereocenters. The standard InChI is InChI=1S/C10H13NO/c1-7-9-4-2-3-8(6-12)10(9)5-11-7/h2-4,7,11-12H,5-6H2,1H3/t7-/m0/s1. The zero-order valence-corrected chi connectivity index (χ0v) is 7.17. The fraction of sp³-hybridized carbons (Fsp3) is 0.400. The van der Waals surface area contributed by atoms with Gasteiger partial charge in [0, 0.05) is 12.6 Å². The van der Waals surface area contributed by atoms with Crippen LogP contribution in [0.4, 0.5) is 0 Å². The summed E-state index contributed by atoms with van der Waals surface area (Å²) in [5.41, 5.74) is 3.68. The molecule has 1 aromatic rings. The average molecular weight is 163 g/mol. The maximum absolute atomic E-state index is 9.06. The Morgan fingerprint density at radius 3 is 3.17 bits per heavy atom. The van der Waals surface area contributed by atoms with Crippen LogP contribution in [0.3, 0.4) is 0 Å². The minimum atomic E-state index is 0.150. The van der Waals surface area contributed by atoms with Crippen LogP contribution in [0, 0.1) is 0 Å². The lowest BCUT2D eigenvalue weighted by molar-refractivity contribution is 0.280. The molecule has 1 heterocycles. The first-order valence-electron chi connectivity index (χ1n) is 4.28. The number of fused-ring (bicyclic) bond motifs is 1. The van der Waals surface area contributed by atoms with Gasteiger partial charge in [-0.1, -0.05) is 18.2 Å². The van der Waals surface area contributed by atoms with Gasteiger partial charge in [-0.05, 0) is 23.6 Å². The molecule has 0 aromatic heterocycles. The first kappa shape index (κ1) is 7.77. The fourth-order valence-electron chi connectivity index (χ4n) is 1.79. The van der Waals surface area contributed by atoms with Crippen LogP contribution in [0.5, 0.6) is 0 Å². The van der Waals surface area contributed by atoms with Crippen molar-refractivity contribution in [3.8, 4) is 0 Å². The first-order chi connectivity index (χ1) is 5.83. The Balaban J connectivity index is 2.50. The van der Waals surface area contributed by atoms with E-state index in [4.69, 9.17) is 5.11 Å². The molecule has 0 spiro atoms. The summed E-state index contributed by atoms with van der Waals surface area (Å²) in [7, 11) is 0. The summed E-state index contributed by atoms with van der Waals surface area (Å²) in [6, 6.07) is 6.55. The minimum absolute atomic E-state index is 0.150. The average Bonchev–Trinajstić information content (AvgIpc) is 2.48. The van der Waals surface area contributed by atoms with Crippen LogP contribution >= 0.6 is 0 Å². The van der Waals surface area contributed by atoms with E-state index in [2.05, 4.69) is 18.3 Å². The lowest BCUT2D eigenvalue weighted by Gasteiger charge is -2.05. The Bertz CT molecular complexity index is 296. The zero-order chi connectivity index (χ0) is 8.55. The second kappa shape index (κ2) is 2.88. The van der Waals surface area contributed by atoms with Crippen LogP contribution in [0.1, 0.15) is 29.7 Å². The molecule has 0 fully saturated rings. The summed E-state index contributed by atoms with van der Waals surface area (Å²) in [5, 5.41) is 12.4. The van der Waals surface area contributed by atoms with Crippen molar-refractivity contribution in [2.45, 2.75) is 26.1 Å². The highest BCUT2D eigenvalue weighted by Crippen LogP contribution is 2.27. The van der Waals surface area contributed by atoms with E-state index in [9.17, 15) is 0 Å². The monoisotopic (exact) mass is 163 g/mol. The highest BCUT2D eigenvalue weighted by atomic mass is 16.3. The molecule has 0 radical (unpaired) electrons. The van der Waals surface area contributed by atoms with Gasteiger partial charge in [0.25, 0.3) is 0 Å². The Labute approximate surface area is 72.2 Å². The Morgan fingerprint density at radius 1 is 1.58 bits per heavy atom. The van der Waals surface area contributed by atoms with E-state index in [-0.39, 0.29) is 6.61 Å². The van der Waals surface area contributed by atoms with Gasteiger partial charge in [0.2, 0.25) is 0 Å². The topological polar surface area (TPSA) is 32.3 Å². The molecule has 2 heteroatoms. The summed E-state index contributed by atoms with van der Waals surface area (Å²) in [5.74, 6) is 0. The molecule has 1 aliphatic heterocycles. The summed E-state index contributed by atoms with van der Waals surface area (Å²) in [6.07, 6.45) is 0. The van der Waals surface area contributed by atoms with E-state index in [1.807, 2.05) is 12.1 Å². The van der Waals surface area contributed by atoms with Crippen molar-refractivity contribution < 1.29 is 5.11 Å². The number of hydrogen-bond donors (Lipinski definition) is 2. The van der Waals surface area contributed by atoms with Crippen molar-refractivity contribution >= 4 is 0 Å². The largest absolute Gasteiger partial charge is 0.392 e. The molecule has 0 saturated carbocycles. The van der Waals surface area contributed by atoms with Gasteiger partial charge in [-0.2, -0.15) is 0 Å². The zero-order valence-electron chi connectivity index (χ0n) is 7.17. The van der Waals surface area contributed by atoms with E-state index < -0.39 is 0 Å². The number of nitrogens with one attached hydrogen (secondary N) is 1. The number of aliphatic hydroxyl groups excluding tert-OH is 1. The SMILES string of the molecule is C[C@@H]1NCc2c(CO)cccc21. The van der Waals surface area contributed by atoms with E-state index in [0.717, 1.165) is 12.1 Å². The van der Waals surface area contributed by atoms with E-state index in [0.29, 0.717) is 6.04 Å². The predicted octanol–water partition coefficient (Wildman–Crippen LogP) is 1.34. The van der Waals surface area contributed by atoms with E-state index >= 15 is 0 Å². The lowest BCUT2D eigenvalue weighted by atomic mass is 10.0.